The molecule has 0 fully saturated rings. The van der Waals surface area contributed by atoms with Gasteiger partial charge < -0.3 is 9.73 Å². The molecule has 7 nitrogen and oxygen atoms in total. The summed E-state index contributed by atoms with van der Waals surface area (Å²) in [6.07, 6.45) is 10.3. The fourth-order valence-electron chi connectivity index (χ4n) is 4.03. The van der Waals surface area contributed by atoms with Crippen molar-refractivity contribution in [1.82, 2.24) is 24.7 Å². The van der Waals surface area contributed by atoms with Crippen molar-refractivity contribution in [3.63, 3.8) is 0 Å². The van der Waals surface area contributed by atoms with E-state index in [4.69, 9.17) is 4.42 Å². The van der Waals surface area contributed by atoms with Crippen LogP contribution in [0.4, 0.5) is 5.82 Å². The molecule has 7 heteroatoms. The van der Waals surface area contributed by atoms with Gasteiger partial charge >= 0.3 is 0 Å². The normalized spacial score (nSPS) is 12.2. The van der Waals surface area contributed by atoms with Crippen molar-refractivity contribution in [2.45, 2.75) is 33.2 Å². The third kappa shape index (κ3) is 4.22. The fraction of sp³-hybridized carbons (Fsp3) is 0.231. The smallest absolute Gasteiger partial charge is 0.134 e. The van der Waals surface area contributed by atoms with Crippen molar-refractivity contribution in [3.8, 4) is 22.4 Å². The molecular formula is C26H26N6O. The van der Waals surface area contributed by atoms with Crippen LogP contribution in [-0.2, 0) is 13.5 Å². The number of aromatic nitrogens is 5. The number of rotatable bonds is 6. The maximum atomic E-state index is 5.67. The Kier molecular flexibility index (Phi) is 5.38. The van der Waals surface area contributed by atoms with Crippen LogP contribution in [0.2, 0.25) is 0 Å². The van der Waals surface area contributed by atoms with E-state index in [1.165, 1.54) is 5.56 Å². The topological polar surface area (TPSA) is 81.7 Å². The van der Waals surface area contributed by atoms with E-state index in [-0.39, 0.29) is 6.04 Å². The van der Waals surface area contributed by atoms with E-state index in [1.54, 1.807) is 4.68 Å². The van der Waals surface area contributed by atoms with Gasteiger partial charge in [-0.1, -0.05) is 6.92 Å². The second-order valence-corrected chi connectivity index (χ2v) is 8.29. The first-order valence-corrected chi connectivity index (χ1v) is 11.1. The third-order valence-electron chi connectivity index (χ3n) is 5.83. The zero-order valence-corrected chi connectivity index (χ0v) is 19.2. The summed E-state index contributed by atoms with van der Waals surface area (Å²) in [5, 5.41) is 8.91. The highest BCUT2D eigenvalue weighted by molar-refractivity contribution is 5.86. The average Bonchev–Trinajstić information content (AvgIpc) is 3.44. The molecule has 0 amide bonds. The van der Waals surface area contributed by atoms with Crippen molar-refractivity contribution in [2.75, 3.05) is 5.32 Å². The standard InChI is InChI=1S/C26H26N6O/c1-5-18-15-33-25-7-6-19(9-23(18)25)24-10-26(31-17(3)30-24)29-16(2)20-8-21(12-27-11-20)22-13-28-32(4)14-22/h6-16H,5H2,1-4H3,(H,29,30,31)/t16-/m0/s1. The summed E-state index contributed by atoms with van der Waals surface area (Å²) in [5.74, 6) is 1.49. The second-order valence-electron chi connectivity index (χ2n) is 8.29. The van der Waals surface area contributed by atoms with Crippen molar-refractivity contribution in [2.24, 2.45) is 7.05 Å². The molecule has 0 spiro atoms. The zero-order chi connectivity index (χ0) is 22.9. The number of benzene rings is 1. The molecule has 1 N–H and O–H groups in total. The molecule has 1 aromatic carbocycles. The Morgan fingerprint density at radius 1 is 1.03 bits per heavy atom. The summed E-state index contributed by atoms with van der Waals surface area (Å²) in [7, 11) is 1.91. The van der Waals surface area contributed by atoms with Gasteiger partial charge in [0.1, 0.15) is 17.2 Å². The highest BCUT2D eigenvalue weighted by atomic mass is 16.3. The molecule has 0 saturated heterocycles. The maximum absolute atomic E-state index is 5.67. The minimum absolute atomic E-state index is 0.0133. The van der Waals surface area contributed by atoms with E-state index in [9.17, 15) is 0 Å². The predicted octanol–water partition coefficient (Wildman–Crippen LogP) is 5.73. The molecule has 0 saturated carbocycles. The lowest BCUT2D eigenvalue weighted by molar-refractivity contribution is 0.611. The highest BCUT2D eigenvalue weighted by Gasteiger charge is 2.13. The SMILES string of the molecule is CCc1coc2ccc(-c3cc(N[C@@H](C)c4cncc(-c5cnn(C)c5)c4)nc(C)n3)cc12. The van der Waals surface area contributed by atoms with Gasteiger partial charge in [-0.2, -0.15) is 5.10 Å². The van der Waals surface area contributed by atoms with Gasteiger partial charge in [0, 0.05) is 53.8 Å². The second kappa shape index (κ2) is 8.50. The first-order valence-electron chi connectivity index (χ1n) is 11.1. The largest absolute Gasteiger partial charge is 0.464 e. The molecule has 5 aromatic rings. The molecule has 0 bridgehead atoms. The molecule has 5 rings (SSSR count). The molecule has 4 heterocycles. The van der Waals surface area contributed by atoms with Crippen LogP contribution in [0.3, 0.4) is 0 Å². The van der Waals surface area contributed by atoms with E-state index in [0.29, 0.717) is 5.82 Å². The number of hydrogen-bond acceptors (Lipinski definition) is 6. The number of fused-ring (bicyclic) bond motifs is 1. The number of nitrogens with one attached hydrogen (secondary N) is 1. The Balaban J connectivity index is 1.43. The van der Waals surface area contributed by atoms with E-state index in [0.717, 1.165) is 51.2 Å². The molecule has 0 radical (unpaired) electrons. The Labute approximate surface area is 192 Å². The van der Waals surface area contributed by atoms with Crippen molar-refractivity contribution in [3.05, 3.63) is 78.3 Å². The molecule has 0 aliphatic heterocycles. The van der Waals surface area contributed by atoms with E-state index < -0.39 is 0 Å². The Morgan fingerprint density at radius 2 is 1.91 bits per heavy atom. The van der Waals surface area contributed by atoms with Crippen LogP contribution in [0.5, 0.6) is 0 Å². The van der Waals surface area contributed by atoms with Gasteiger partial charge in [-0.25, -0.2) is 9.97 Å². The summed E-state index contributed by atoms with van der Waals surface area (Å²) in [5.41, 5.74) is 7.17. The lowest BCUT2D eigenvalue weighted by Crippen LogP contribution is -2.09. The van der Waals surface area contributed by atoms with Crippen molar-refractivity contribution >= 4 is 16.8 Å². The van der Waals surface area contributed by atoms with Gasteiger partial charge in [-0.3, -0.25) is 9.67 Å². The summed E-state index contributed by atoms with van der Waals surface area (Å²) in [4.78, 5) is 13.7. The molecule has 0 unspecified atom stereocenters. The summed E-state index contributed by atoms with van der Waals surface area (Å²) < 4.78 is 7.46. The average molecular weight is 439 g/mol. The number of hydrogen-bond donors (Lipinski definition) is 1. The van der Waals surface area contributed by atoms with Crippen LogP contribution in [0.1, 0.15) is 36.8 Å². The van der Waals surface area contributed by atoms with E-state index >= 15 is 0 Å². The van der Waals surface area contributed by atoms with E-state index in [1.807, 2.05) is 63.2 Å². The van der Waals surface area contributed by atoms with E-state index in [2.05, 4.69) is 51.3 Å². The summed E-state index contributed by atoms with van der Waals surface area (Å²) in [6, 6.07) is 10.3. The van der Waals surface area contributed by atoms with Gasteiger partial charge in [-0.15, -0.1) is 0 Å². The molecule has 33 heavy (non-hydrogen) atoms. The van der Waals surface area contributed by atoms with Crippen LogP contribution in [-0.4, -0.2) is 24.7 Å². The zero-order valence-electron chi connectivity index (χ0n) is 19.2. The molecular weight excluding hydrogens is 412 g/mol. The van der Waals surface area contributed by atoms with Crippen molar-refractivity contribution in [1.29, 1.82) is 0 Å². The van der Waals surface area contributed by atoms with Crippen LogP contribution in [0.15, 0.2) is 65.8 Å². The number of pyridine rings is 1. The predicted molar refractivity (Wildman–Crippen MR) is 130 cm³/mol. The van der Waals surface area contributed by atoms with Gasteiger partial charge in [0.25, 0.3) is 0 Å². The van der Waals surface area contributed by atoms with Crippen LogP contribution in [0.25, 0.3) is 33.4 Å². The molecule has 0 aliphatic carbocycles. The fourth-order valence-corrected chi connectivity index (χ4v) is 4.03. The first-order chi connectivity index (χ1) is 16.0. The van der Waals surface area contributed by atoms with Gasteiger partial charge in [0.2, 0.25) is 0 Å². The Hall–Kier alpha value is -4.00. The van der Waals surface area contributed by atoms with Crippen molar-refractivity contribution < 1.29 is 4.42 Å². The third-order valence-corrected chi connectivity index (χ3v) is 5.83. The number of nitrogens with zero attached hydrogens (tertiary/aromatic N) is 5. The van der Waals surface area contributed by atoms with Crippen LogP contribution < -0.4 is 5.32 Å². The minimum atomic E-state index is 0.0133. The molecule has 1 atom stereocenters. The monoisotopic (exact) mass is 438 g/mol. The number of aryl methyl sites for hydroxylation is 3. The first kappa shape index (κ1) is 20.9. The minimum Gasteiger partial charge on any atom is -0.464 e. The Morgan fingerprint density at radius 3 is 2.70 bits per heavy atom. The summed E-state index contributed by atoms with van der Waals surface area (Å²) in [6.45, 7) is 6.15. The Bertz CT molecular complexity index is 1430. The molecule has 0 aliphatic rings. The lowest BCUT2D eigenvalue weighted by atomic mass is 10.0. The summed E-state index contributed by atoms with van der Waals surface area (Å²) >= 11 is 0. The quantitative estimate of drug-likeness (QED) is 0.365. The molecule has 166 valence electrons. The number of furan rings is 1. The van der Waals surface area contributed by atoms with Crippen LogP contribution >= 0.6 is 0 Å². The highest BCUT2D eigenvalue weighted by Crippen LogP contribution is 2.29. The lowest BCUT2D eigenvalue weighted by Gasteiger charge is -2.16. The van der Waals surface area contributed by atoms with Gasteiger partial charge in [-0.05, 0) is 55.7 Å². The van der Waals surface area contributed by atoms with Gasteiger partial charge in [0.05, 0.1) is 24.2 Å². The molecule has 4 aromatic heterocycles. The van der Waals surface area contributed by atoms with Gasteiger partial charge in [0.15, 0.2) is 0 Å². The maximum Gasteiger partial charge on any atom is 0.134 e. The number of anilines is 1. The van der Waals surface area contributed by atoms with Crippen LogP contribution in [0, 0.1) is 6.92 Å².